The second-order valence-corrected chi connectivity index (χ2v) is 8.47. The summed E-state index contributed by atoms with van der Waals surface area (Å²) in [5, 5.41) is 0. The third-order valence-corrected chi connectivity index (χ3v) is 5.50. The zero-order valence-corrected chi connectivity index (χ0v) is 16.8. The maximum atomic E-state index is 14.1. The molecule has 0 aliphatic heterocycles. The number of aryl methyl sites for hydroxylation is 1. The van der Waals surface area contributed by atoms with Crippen LogP contribution in [0.2, 0.25) is 0 Å². The molecule has 1 aromatic heterocycles. The van der Waals surface area contributed by atoms with Crippen molar-refractivity contribution in [1.82, 2.24) is 0 Å². The summed E-state index contributed by atoms with van der Waals surface area (Å²) in [5.41, 5.74) is 0.249. The highest BCUT2D eigenvalue weighted by atomic mass is 32.2. The molecule has 0 bridgehead atoms. The van der Waals surface area contributed by atoms with Crippen LogP contribution >= 0.6 is 0 Å². The molecular formula is C21H18F2O5S. The maximum Gasteiger partial charge on any atom is 0.231 e. The molecule has 0 saturated heterocycles. The van der Waals surface area contributed by atoms with Crippen molar-refractivity contribution in [2.24, 2.45) is 0 Å². The van der Waals surface area contributed by atoms with Crippen LogP contribution in [-0.2, 0) is 16.3 Å². The van der Waals surface area contributed by atoms with Gasteiger partial charge in [-0.15, -0.1) is 0 Å². The van der Waals surface area contributed by atoms with E-state index >= 15 is 0 Å². The fourth-order valence-corrected chi connectivity index (χ4v) is 3.51. The van der Waals surface area contributed by atoms with Crippen LogP contribution in [0, 0.1) is 18.6 Å². The molecule has 0 radical (unpaired) electrons. The second kappa shape index (κ2) is 7.79. The van der Waals surface area contributed by atoms with E-state index in [-0.39, 0.29) is 22.2 Å². The quantitative estimate of drug-likeness (QED) is 0.601. The Bertz CT molecular complexity index is 1230. The molecule has 5 nitrogen and oxygen atoms in total. The van der Waals surface area contributed by atoms with Gasteiger partial charge in [-0.2, -0.15) is 0 Å². The summed E-state index contributed by atoms with van der Waals surface area (Å²) in [5.74, 6) is -1.96. The summed E-state index contributed by atoms with van der Waals surface area (Å²) < 4.78 is 61.9. The van der Waals surface area contributed by atoms with E-state index in [0.29, 0.717) is 29.4 Å². The number of sulfone groups is 1. The van der Waals surface area contributed by atoms with Gasteiger partial charge in [0.25, 0.3) is 0 Å². The lowest BCUT2D eigenvalue weighted by Crippen LogP contribution is -2.14. The predicted molar refractivity (Wildman–Crippen MR) is 104 cm³/mol. The van der Waals surface area contributed by atoms with Crippen LogP contribution in [-0.4, -0.2) is 14.7 Å². The molecule has 152 valence electrons. The Balaban J connectivity index is 2.19. The van der Waals surface area contributed by atoms with Gasteiger partial charge in [0.05, 0.1) is 4.90 Å². The summed E-state index contributed by atoms with van der Waals surface area (Å²) in [6.45, 7) is 3.39. The van der Waals surface area contributed by atoms with E-state index in [2.05, 4.69) is 0 Å². The first-order valence-electron chi connectivity index (χ1n) is 8.71. The highest BCUT2D eigenvalue weighted by Crippen LogP contribution is 2.34. The molecule has 0 saturated carbocycles. The predicted octanol–water partition coefficient (Wildman–Crippen LogP) is 4.65. The van der Waals surface area contributed by atoms with Crippen molar-refractivity contribution in [3.05, 3.63) is 75.6 Å². The lowest BCUT2D eigenvalue weighted by Gasteiger charge is -2.14. The lowest BCUT2D eigenvalue weighted by molar-refractivity contribution is 0.409. The van der Waals surface area contributed by atoms with Crippen molar-refractivity contribution in [3.63, 3.8) is 0 Å². The van der Waals surface area contributed by atoms with E-state index in [0.717, 1.165) is 18.4 Å². The van der Waals surface area contributed by atoms with Gasteiger partial charge < -0.3 is 9.15 Å². The first-order valence-corrected chi connectivity index (χ1v) is 10.6. The van der Waals surface area contributed by atoms with E-state index < -0.39 is 26.9 Å². The Morgan fingerprint density at radius 3 is 2.28 bits per heavy atom. The molecule has 0 unspecified atom stereocenters. The van der Waals surface area contributed by atoms with Crippen LogP contribution in [0.15, 0.2) is 56.6 Å². The van der Waals surface area contributed by atoms with E-state index in [1.165, 1.54) is 24.3 Å². The van der Waals surface area contributed by atoms with Gasteiger partial charge in [-0.1, -0.05) is 6.92 Å². The molecule has 29 heavy (non-hydrogen) atoms. The van der Waals surface area contributed by atoms with Crippen LogP contribution in [0.25, 0.3) is 11.3 Å². The molecular weight excluding hydrogens is 402 g/mol. The third-order valence-electron chi connectivity index (χ3n) is 4.37. The zero-order chi connectivity index (χ0) is 21.3. The van der Waals surface area contributed by atoms with E-state index in [9.17, 15) is 22.0 Å². The minimum Gasteiger partial charge on any atom is -0.457 e. The van der Waals surface area contributed by atoms with Crippen LogP contribution in [0.3, 0.4) is 0 Å². The molecule has 0 amide bonds. The first-order chi connectivity index (χ1) is 13.6. The van der Waals surface area contributed by atoms with E-state index in [1.54, 1.807) is 13.8 Å². The monoisotopic (exact) mass is 420 g/mol. The number of hydrogen-bond donors (Lipinski definition) is 0. The maximum absolute atomic E-state index is 14.1. The van der Waals surface area contributed by atoms with E-state index in [4.69, 9.17) is 9.15 Å². The molecule has 0 N–H and O–H groups in total. The average molecular weight is 420 g/mol. The lowest BCUT2D eigenvalue weighted by atomic mass is 10.1. The number of rotatable bonds is 5. The molecule has 0 aliphatic carbocycles. The molecule has 2 aromatic carbocycles. The molecule has 0 spiro atoms. The van der Waals surface area contributed by atoms with Crippen LogP contribution in [0.1, 0.15) is 18.2 Å². The second-order valence-electron chi connectivity index (χ2n) is 6.45. The molecule has 3 aromatic rings. The molecule has 3 rings (SSSR count). The van der Waals surface area contributed by atoms with Gasteiger partial charge in [-0.3, -0.25) is 4.79 Å². The highest BCUT2D eigenvalue weighted by Gasteiger charge is 2.21. The molecule has 0 aliphatic rings. The molecule has 1 heterocycles. The van der Waals surface area contributed by atoms with Crippen molar-refractivity contribution in [2.45, 2.75) is 25.2 Å². The smallest absolute Gasteiger partial charge is 0.231 e. The summed E-state index contributed by atoms with van der Waals surface area (Å²) >= 11 is 0. The fourth-order valence-electron chi connectivity index (χ4n) is 2.87. The standard InChI is InChI=1S/C21H18F2O5S/c1-4-16-12(2)27-20(13-5-8-15(9-6-13)29(3,25)26)21(19(16)24)28-18-10-7-14(22)11-17(18)23/h5-11H,4H2,1-3H3. The molecule has 8 heteroatoms. The highest BCUT2D eigenvalue weighted by molar-refractivity contribution is 7.90. The van der Waals surface area contributed by atoms with Gasteiger partial charge in [0.15, 0.2) is 27.2 Å². The number of halogens is 2. The third kappa shape index (κ3) is 4.22. The van der Waals surface area contributed by atoms with Crippen LogP contribution in [0.4, 0.5) is 8.78 Å². The van der Waals surface area contributed by atoms with Gasteiger partial charge in [0, 0.05) is 23.4 Å². The number of hydrogen-bond acceptors (Lipinski definition) is 5. The van der Waals surface area contributed by atoms with Crippen LogP contribution in [0.5, 0.6) is 11.5 Å². The summed E-state index contributed by atoms with van der Waals surface area (Å²) in [7, 11) is -3.41. The van der Waals surface area contributed by atoms with Crippen molar-refractivity contribution in [2.75, 3.05) is 6.26 Å². The van der Waals surface area contributed by atoms with Gasteiger partial charge in [0.1, 0.15) is 11.6 Å². The van der Waals surface area contributed by atoms with Crippen LogP contribution < -0.4 is 10.2 Å². The summed E-state index contributed by atoms with van der Waals surface area (Å²) in [6.07, 6.45) is 1.44. The Labute approximate surface area is 166 Å². The van der Waals surface area contributed by atoms with Gasteiger partial charge in [-0.25, -0.2) is 17.2 Å². The average Bonchev–Trinajstić information content (AvgIpc) is 2.65. The topological polar surface area (TPSA) is 73.6 Å². The largest absolute Gasteiger partial charge is 0.457 e. The Kier molecular flexibility index (Phi) is 5.57. The molecule has 0 fully saturated rings. The van der Waals surface area contributed by atoms with Crippen molar-refractivity contribution in [3.8, 4) is 22.8 Å². The normalized spacial score (nSPS) is 11.5. The van der Waals surface area contributed by atoms with Crippen molar-refractivity contribution < 1.29 is 26.4 Å². The zero-order valence-electron chi connectivity index (χ0n) is 16.0. The van der Waals surface area contributed by atoms with Crippen molar-refractivity contribution in [1.29, 1.82) is 0 Å². The van der Waals surface area contributed by atoms with E-state index in [1.807, 2.05) is 0 Å². The number of benzene rings is 2. The van der Waals surface area contributed by atoms with Gasteiger partial charge >= 0.3 is 0 Å². The Morgan fingerprint density at radius 2 is 1.72 bits per heavy atom. The van der Waals surface area contributed by atoms with Crippen molar-refractivity contribution >= 4 is 9.84 Å². The fraction of sp³-hybridized carbons (Fsp3) is 0.190. The minimum atomic E-state index is -3.41. The Hall–Kier alpha value is -3.00. The van der Waals surface area contributed by atoms with Gasteiger partial charge in [0.2, 0.25) is 11.2 Å². The SMILES string of the molecule is CCc1c(C)oc(-c2ccc(S(C)(=O)=O)cc2)c(Oc2ccc(F)cc2F)c1=O. The molecule has 0 atom stereocenters. The first kappa shape index (κ1) is 20.7. The number of ether oxygens (including phenoxy) is 1. The Morgan fingerprint density at radius 1 is 1.07 bits per heavy atom. The summed E-state index contributed by atoms with van der Waals surface area (Å²) in [4.78, 5) is 13.0. The summed E-state index contributed by atoms with van der Waals surface area (Å²) in [6, 6.07) is 8.40. The van der Waals surface area contributed by atoms with Gasteiger partial charge in [-0.05, 0) is 49.7 Å². The minimum absolute atomic E-state index is 0.0217.